The molecule has 0 aliphatic heterocycles. The molecule has 0 aromatic heterocycles. The van der Waals surface area contributed by atoms with Gasteiger partial charge in [-0.1, -0.05) is 70.2 Å². The molecule has 124 valence electrons. The van der Waals surface area contributed by atoms with Crippen LogP contribution in [0.15, 0.2) is 54.6 Å². The van der Waals surface area contributed by atoms with E-state index in [1.165, 1.54) is 17.5 Å². The molecule has 2 nitrogen and oxygen atoms in total. The van der Waals surface area contributed by atoms with Crippen molar-refractivity contribution < 1.29 is 9.90 Å². The predicted octanol–water partition coefficient (Wildman–Crippen LogP) is 6.10. The van der Waals surface area contributed by atoms with E-state index >= 15 is 0 Å². The molecule has 0 heterocycles. The number of rotatable bonds is 5. The van der Waals surface area contributed by atoms with E-state index in [0.717, 1.165) is 6.42 Å². The molecule has 1 N–H and O–H groups in total. The van der Waals surface area contributed by atoms with Gasteiger partial charge in [0.05, 0.1) is 5.56 Å². The Labute approximate surface area is 140 Å². The van der Waals surface area contributed by atoms with Gasteiger partial charge in [0, 0.05) is 0 Å². The van der Waals surface area contributed by atoms with Crippen molar-refractivity contribution in [2.45, 2.75) is 52.4 Å². The molecular formula is C21H28O2. The lowest BCUT2D eigenvalue weighted by Gasteiger charge is -2.08. The van der Waals surface area contributed by atoms with Crippen LogP contribution in [-0.4, -0.2) is 11.1 Å². The zero-order valence-electron chi connectivity index (χ0n) is 14.6. The number of carbonyl (C=O) groups is 1. The number of hydrogen-bond donors (Lipinski definition) is 1. The topological polar surface area (TPSA) is 37.3 Å². The second kappa shape index (κ2) is 9.83. The Bertz CT molecular complexity index is 573. The molecule has 0 saturated carbocycles. The molecule has 0 bridgehead atoms. The SMILES string of the molecule is CCC(C)c1ccc(C(=O)O)cc1.CCC(C)c1ccccc1. The maximum absolute atomic E-state index is 10.6. The van der Waals surface area contributed by atoms with Crippen LogP contribution >= 0.6 is 0 Å². The van der Waals surface area contributed by atoms with Crippen LogP contribution in [0.2, 0.25) is 0 Å². The first-order valence-corrected chi connectivity index (χ1v) is 8.37. The highest BCUT2D eigenvalue weighted by Crippen LogP contribution is 2.18. The van der Waals surface area contributed by atoms with Crippen molar-refractivity contribution in [3.05, 3.63) is 71.3 Å². The molecule has 0 radical (unpaired) electrons. The van der Waals surface area contributed by atoms with Gasteiger partial charge in [0.2, 0.25) is 0 Å². The molecule has 2 atom stereocenters. The van der Waals surface area contributed by atoms with E-state index < -0.39 is 5.97 Å². The van der Waals surface area contributed by atoms with Gasteiger partial charge in [0.15, 0.2) is 0 Å². The van der Waals surface area contributed by atoms with Crippen molar-refractivity contribution in [1.29, 1.82) is 0 Å². The zero-order valence-corrected chi connectivity index (χ0v) is 14.6. The van der Waals surface area contributed by atoms with Crippen LogP contribution in [0.1, 0.15) is 73.9 Å². The Balaban J connectivity index is 0.000000238. The molecule has 23 heavy (non-hydrogen) atoms. The summed E-state index contributed by atoms with van der Waals surface area (Å²) in [6.07, 6.45) is 2.30. The lowest BCUT2D eigenvalue weighted by atomic mass is 9.98. The maximum Gasteiger partial charge on any atom is 0.335 e. The monoisotopic (exact) mass is 312 g/mol. The van der Waals surface area contributed by atoms with Crippen LogP contribution in [0, 0.1) is 0 Å². The second-order valence-corrected chi connectivity index (χ2v) is 5.96. The van der Waals surface area contributed by atoms with E-state index in [4.69, 9.17) is 5.11 Å². The number of hydrogen-bond acceptors (Lipinski definition) is 1. The number of aromatic carboxylic acids is 1. The van der Waals surface area contributed by atoms with Gasteiger partial charge >= 0.3 is 5.97 Å². The van der Waals surface area contributed by atoms with Crippen molar-refractivity contribution in [1.82, 2.24) is 0 Å². The summed E-state index contributed by atoms with van der Waals surface area (Å²) in [6.45, 7) is 8.73. The fourth-order valence-electron chi connectivity index (χ4n) is 2.21. The van der Waals surface area contributed by atoms with Crippen molar-refractivity contribution in [2.24, 2.45) is 0 Å². The van der Waals surface area contributed by atoms with Gasteiger partial charge in [-0.25, -0.2) is 4.79 Å². The van der Waals surface area contributed by atoms with Crippen molar-refractivity contribution in [3.8, 4) is 0 Å². The van der Waals surface area contributed by atoms with Gasteiger partial charge < -0.3 is 5.11 Å². The largest absolute Gasteiger partial charge is 0.478 e. The van der Waals surface area contributed by atoms with Crippen LogP contribution in [0.5, 0.6) is 0 Å². The molecule has 0 aliphatic rings. The third-order valence-electron chi connectivity index (χ3n) is 4.32. The summed E-state index contributed by atoms with van der Waals surface area (Å²) in [5.41, 5.74) is 3.00. The normalized spacial score (nSPS) is 12.7. The first-order valence-electron chi connectivity index (χ1n) is 8.37. The fourth-order valence-corrected chi connectivity index (χ4v) is 2.21. The van der Waals surface area contributed by atoms with E-state index in [0.29, 0.717) is 17.4 Å². The highest BCUT2D eigenvalue weighted by atomic mass is 16.4. The quantitative estimate of drug-likeness (QED) is 0.724. The molecule has 0 aliphatic carbocycles. The highest BCUT2D eigenvalue weighted by molar-refractivity contribution is 5.87. The van der Waals surface area contributed by atoms with Gasteiger partial charge in [-0.3, -0.25) is 0 Å². The maximum atomic E-state index is 10.6. The van der Waals surface area contributed by atoms with Crippen molar-refractivity contribution >= 4 is 5.97 Å². The van der Waals surface area contributed by atoms with Crippen molar-refractivity contribution in [2.75, 3.05) is 0 Å². The summed E-state index contributed by atoms with van der Waals surface area (Å²) in [7, 11) is 0. The fraction of sp³-hybridized carbons (Fsp3) is 0.381. The summed E-state index contributed by atoms with van der Waals surface area (Å²) >= 11 is 0. The molecule has 2 heteroatoms. The average Bonchev–Trinajstić information content (AvgIpc) is 2.61. The number of benzene rings is 2. The van der Waals surface area contributed by atoms with Gasteiger partial charge in [-0.2, -0.15) is 0 Å². The van der Waals surface area contributed by atoms with Crippen LogP contribution < -0.4 is 0 Å². The molecule has 0 spiro atoms. The Morgan fingerprint density at radius 2 is 1.26 bits per heavy atom. The molecule has 2 aromatic carbocycles. The standard InChI is InChI=1S/C11H14O2.C10H14/c1-3-8(2)9-4-6-10(7-5-9)11(12)13;1-3-9(2)10-7-5-4-6-8-10/h4-8H,3H2,1-2H3,(H,12,13);4-9H,3H2,1-2H3. The van der Waals surface area contributed by atoms with Crippen molar-refractivity contribution in [3.63, 3.8) is 0 Å². The van der Waals surface area contributed by atoms with E-state index in [1.807, 2.05) is 12.1 Å². The summed E-state index contributed by atoms with van der Waals surface area (Å²) in [6, 6.07) is 17.7. The number of carboxylic acid groups (broad SMARTS) is 1. The molecule has 0 amide bonds. The van der Waals surface area contributed by atoms with E-state index in [9.17, 15) is 4.79 Å². The van der Waals surface area contributed by atoms with Crippen LogP contribution in [0.25, 0.3) is 0 Å². The highest BCUT2D eigenvalue weighted by Gasteiger charge is 2.05. The minimum absolute atomic E-state index is 0.354. The summed E-state index contributed by atoms with van der Waals surface area (Å²) in [5, 5.41) is 8.67. The molecule has 2 rings (SSSR count). The Hall–Kier alpha value is -2.09. The first kappa shape index (κ1) is 19.0. The Morgan fingerprint density at radius 1 is 0.826 bits per heavy atom. The van der Waals surface area contributed by atoms with Gasteiger partial charge in [-0.15, -0.1) is 0 Å². The van der Waals surface area contributed by atoms with Gasteiger partial charge in [0.25, 0.3) is 0 Å². The summed E-state index contributed by atoms with van der Waals surface area (Å²) in [5.74, 6) is 0.347. The molecule has 2 unspecified atom stereocenters. The van der Waals surface area contributed by atoms with E-state index in [2.05, 4.69) is 58.0 Å². The third-order valence-corrected chi connectivity index (χ3v) is 4.32. The van der Waals surface area contributed by atoms with E-state index in [1.54, 1.807) is 12.1 Å². The second-order valence-electron chi connectivity index (χ2n) is 5.96. The lowest BCUT2D eigenvalue weighted by molar-refractivity contribution is 0.0697. The first-order chi connectivity index (χ1) is 11.0. The smallest absolute Gasteiger partial charge is 0.335 e. The van der Waals surface area contributed by atoms with E-state index in [-0.39, 0.29) is 0 Å². The summed E-state index contributed by atoms with van der Waals surface area (Å²) in [4.78, 5) is 10.6. The zero-order chi connectivity index (χ0) is 17.2. The summed E-state index contributed by atoms with van der Waals surface area (Å²) < 4.78 is 0. The minimum atomic E-state index is -0.865. The third kappa shape index (κ3) is 6.27. The molecule has 0 fully saturated rings. The van der Waals surface area contributed by atoms with Gasteiger partial charge in [-0.05, 0) is 47.9 Å². The average molecular weight is 312 g/mol. The van der Waals surface area contributed by atoms with Gasteiger partial charge in [0.1, 0.15) is 0 Å². The van der Waals surface area contributed by atoms with Crippen LogP contribution in [0.4, 0.5) is 0 Å². The Morgan fingerprint density at radius 3 is 1.65 bits per heavy atom. The predicted molar refractivity (Wildman–Crippen MR) is 97.3 cm³/mol. The van der Waals surface area contributed by atoms with Crippen LogP contribution in [-0.2, 0) is 0 Å². The number of carboxylic acids is 1. The van der Waals surface area contributed by atoms with Crippen LogP contribution in [0.3, 0.4) is 0 Å². The molecule has 2 aromatic rings. The lowest BCUT2D eigenvalue weighted by Crippen LogP contribution is -1.97. The Kier molecular flexibility index (Phi) is 8.10. The molecular weight excluding hydrogens is 284 g/mol. The minimum Gasteiger partial charge on any atom is -0.478 e. The molecule has 0 saturated heterocycles.